The smallest absolute Gasteiger partial charge is 0.254 e. The summed E-state index contributed by atoms with van der Waals surface area (Å²) in [5.74, 6) is 2.06. The molecule has 9 heteroatoms. The summed E-state index contributed by atoms with van der Waals surface area (Å²) in [4.78, 5) is 35.9. The zero-order valence-corrected chi connectivity index (χ0v) is 20.4. The van der Waals surface area contributed by atoms with Gasteiger partial charge in [-0.05, 0) is 30.3 Å². The molecule has 1 aliphatic rings. The van der Waals surface area contributed by atoms with Gasteiger partial charge in [0, 0.05) is 64.5 Å². The molecule has 2 aromatic carbocycles. The minimum atomic E-state index is -0.0384. The Balaban J connectivity index is 1.42. The number of benzene rings is 2. The number of nitrogens with zero attached hydrogens (tertiary/aromatic N) is 5. The fraction of sp³-hybridized carbons (Fsp3) is 0.400. The molecule has 1 aromatic heterocycles. The van der Waals surface area contributed by atoms with Gasteiger partial charge in [-0.2, -0.15) is 0 Å². The number of hydrogen-bond donors (Lipinski definition) is 0. The predicted octanol–water partition coefficient (Wildman–Crippen LogP) is 2.25. The molecular formula is C25H31N5O4. The summed E-state index contributed by atoms with van der Waals surface area (Å²) >= 11 is 0. The summed E-state index contributed by atoms with van der Waals surface area (Å²) in [7, 11) is 8.62. The number of hydrogen-bond acceptors (Lipinski definition) is 6. The van der Waals surface area contributed by atoms with Gasteiger partial charge in [-0.3, -0.25) is 14.5 Å². The Morgan fingerprint density at radius 1 is 0.941 bits per heavy atom. The van der Waals surface area contributed by atoms with Crippen LogP contribution in [0.2, 0.25) is 0 Å². The van der Waals surface area contributed by atoms with Crippen LogP contribution in [-0.4, -0.2) is 90.6 Å². The fourth-order valence-corrected chi connectivity index (χ4v) is 4.20. The Bertz CT molecular complexity index is 1190. The second-order valence-electron chi connectivity index (χ2n) is 8.66. The van der Waals surface area contributed by atoms with Crippen LogP contribution >= 0.6 is 0 Å². The topological polar surface area (TPSA) is 80.1 Å². The predicted molar refractivity (Wildman–Crippen MR) is 129 cm³/mol. The Hall–Kier alpha value is -3.59. The molecule has 2 amide bonds. The lowest BCUT2D eigenvalue weighted by Gasteiger charge is -2.34. The Labute approximate surface area is 199 Å². The van der Waals surface area contributed by atoms with Crippen molar-refractivity contribution in [1.82, 2.24) is 24.3 Å². The molecule has 1 fully saturated rings. The fourth-order valence-electron chi connectivity index (χ4n) is 4.20. The van der Waals surface area contributed by atoms with Gasteiger partial charge in [-0.15, -0.1) is 0 Å². The van der Waals surface area contributed by atoms with E-state index in [-0.39, 0.29) is 11.8 Å². The van der Waals surface area contributed by atoms with E-state index in [0.29, 0.717) is 42.3 Å². The van der Waals surface area contributed by atoms with Gasteiger partial charge >= 0.3 is 0 Å². The maximum Gasteiger partial charge on any atom is 0.254 e. The number of methoxy groups -OCH3 is 2. The second kappa shape index (κ2) is 9.72. The molecule has 0 radical (unpaired) electrons. The van der Waals surface area contributed by atoms with Crippen LogP contribution in [0, 0.1) is 0 Å². The maximum atomic E-state index is 13.1. The lowest BCUT2D eigenvalue weighted by atomic mass is 10.1. The third-order valence-corrected chi connectivity index (χ3v) is 6.25. The van der Waals surface area contributed by atoms with E-state index in [1.807, 2.05) is 30.1 Å². The number of imidazole rings is 1. The Kier molecular flexibility index (Phi) is 6.74. The zero-order chi connectivity index (χ0) is 24.4. The van der Waals surface area contributed by atoms with Gasteiger partial charge in [0.25, 0.3) is 11.8 Å². The van der Waals surface area contributed by atoms with Crippen molar-refractivity contribution in [3.8, 4) is 11.5 Å². The number of aryl methyl sites for hydroxylation is 1. The van der Waals surface area contributed by atoms with Crippen LogP contribution in [0.4, 0.5) is 0 Å². The third-order valence-electron chi connectivity index (χ3n) is 6.25. The van der Waals surface area contributed by atoms with E-state index < -0.39 is 0 Å². The van der Waals surface area contributed by atoms with Crippen molar-refractivity contribution in [2.45, 2.75) is 6.54 Å². The van der Waals surface area contributed by atoms with Crippen molar-refractivity contribution < 1.29 is 19.1 Å². The quantitative estimate of drug-likeness (QED) is 0.556. The molecule has 3 aromatic rings. The average Bonchev–Trinajstić information content (AvgIpc) is 3.17. The number of piperazine rings is 1. The summed E-state index contributed by atoms with van der Waals surface area (Å²) in [6, 6.07) is 10.9. The standard InChI is InChI=1S/C25H31N5O4/c1-27(2)24(31)17-6-7-22-21(14-17)26-23(28(22)3)16-29-8-10-30(11-9-29)25(32)18-12-19(33-4)15-20(13-18)34-5/h6-7,12-15H,8-11,16H2,1-5H3. The monoisotopic (exact) mass is 465 g/mol. The van der Waals surface area contributed by atoms with Crippen molar-refractivity contribution in [2.24, 2.45) is 7.05 Å². The highest BCUT2D eigenvalue weighted by Crippen LogP contribution is 2.24. The molecule has 0 bridgehead atoms. The van der Waals surface area contributed by atoms with Crippen LogP contribution in [0.25, 0.3) is 11.0 Å². The van der Waals surface area contributed by atoms with Crippen LogP contribution in [0.5, 0.6) is 11.5 Å². The molecule has 2 heterocycles. The highest BCUT2D eigenvalue weighted by molar-refractivity contribution is 5.97. The molecule has 0 atom stereocenters. The molecule has 180 valence electrons. The van der Waals surface area contributed by atoms with Crippen molar-refractivity contribution in [3.05, 3.63) is 53.3 Å². The molecule has 0 spiro atoms. The highest BCUT2D eigenvalue weighted by Gasteiger charge is 2.24. The molecule has 0 unspecified atom stereocenters. The minimum absolute atomic E-state index is 0.0299. The molecule has 9 nitrogen and oxygen atoms in total. The number of carbonyl (C=O) groups excluding carboxylic acids is 2. The van der Waals surface area contributed by atoms with Crippen molar-refractivity contribution in [3.63, 3.8) is 0 Å². The van der Waals surface area contributed by atoms with Gasteiger partial charge in [0.1, 0.15) is 17.3 Å². The first-order valence-corrected chi connectivity index (χ1v) is 11.2. The van der Waals surface area contributed by atoms with E-state index in [4.69, 9.17) is 14.5 Å². The molecule has 4 rings (SSSR count). The van der Waals surface area contributed by atoms with E-state index in [1.165, 1.54) is 0 Å². The van der Waals surface area contributed by atoms with E-state index >= 15 is 0 Å². The number of aromatic nitrogens is 2. The van der Waals surface area contributed by atoms with Crippen LogP contribution in [0.15, 0.2) is 36.4 Å². The second-order valence-corrected chi connectivity index (χ2v) is 8.66. The summed E-state index contributed by atoms with van der Waals surface area (Å²) in [5, 5.41) is 0. The lowest BCUT2D eigenvalue weighted by molar-refractivity contribution is 0.0623. The third kappa shape index (κ3) is 4.70. The van der Waals surface area contributed by atoms with E-state index in [1.54, 1.807) is 51.4 Å². The van der Waals surface area contributed by atoms with Gasteiger partial charge < -0.3 is 23.8 Å². The first-order chi connectivity index (χ1) is 16.3. The van der Waals surface area contributed by atoms with Gasteiger partial charge in [-0.1, -0.05) is 0 Å². The largest absolute Gasteiger partial charge is 0.497 e. The SMILES string of the molecule is COc1cc(OC)cc(C(=O)N2CCN(Cc3nc4cc(C(=O)N(C)C)ccc4n3C)CC2)c1. The summed E-state index contributed by atoms with van der Waals surface area (Å²) < 4.78 is 12.7. The normalized spacial score (nSPS) is 14.3. The average molecular weight is 466 g/mol. The molecule has 0 N–H and O–H groups in total. The molecule has 0 saturated carbocycles. The maximum absolute atomic E-state index is 13.1. The van der Waals surface area contributed by atoms with Crippen LogP contribution < -0.4 is 9.47 Å². The highest BCUT2D eigenvalue weighted by atomic mass is 16.5. The lowest BCUT2D eigenvalue weighted by Crippen LogP contribution is -2.48. The molecular weight excluding hydrogens is 434 g/mol. The Morgan fingerprint density at radius 2 is 1.59 bits per heavy atom. The summed E-state index contributed by atoms with van der Waals surface area (Å²) in [6.07, 6.45) is 0. The van der Waals surface area contributed by atoms with Crippen molar-refractivity contribution >= 4 is 22.8 Å². The Morgan fingerprint density at radius 3 is 2.18 bits per heavy atom. The van der Waals surface area contributed by atoms with E-state index in [2.05, 4.69) is 9.47 Å². The number of carbonyl (C=O) groups is 2. The summed E-state index contributed by atoms with van der Waals surface area (Å²) in [5.41, 5.74) is 2.99. The van der Waals surface area contributed by atoms with Gasteiger partial charge in [0.05, 0.1) is 31.8 Å². The number of ether oxygens (including phenoxy) is 2. The number of fused-ring (bicyclic) bond motifs is 1. The van der Waals surface area contributed by atoms with Gasteiger partial charge in [0.2, 0.25) is 0 Å². The van der Waals surface area contributed by atoms with Gasteiger partial charge in [0.15, 0.2) is 0 Å². The van der Waals surface area contributed by atoms with Crippen molar-refractivity contribution in [1.29, 1.82) is 0 Å². The number of amides is 2. The van der Waals surface area contributed by atoms with Crippen LogP contribution in [-0.2, 0) is 13.6 Å². The minimum Gasteiger partial charge on any atom is -0.497 e. The summed E-state index contributed by atoms with van der Waals surface area (Å²) in [6.45, 7) is 3.44. The van der Waals surface area contributed by atoms with Crippen LogP contribution in [0.3, 0.4) is 0 Å². The first-order valence-electron chi connectivity index (χ1n) is 11.2. The molecule has 1 saturated heterocycles. The zero-order valence-electron chi connectivity index (χ0n) is 20.4. The number of rotatable bonds is 6. The van der Waals surface area contributed by atoms with Gasteiger partial charge in [-0.25, -0.2) is 4.98 Å². The molecule has 1 aliphatic heterocycles. The van der Waals surface area contributed by atoms with E-state index in [0.717, 1.165) is 29.9 Å². The molecule has 34 heavy (non-hydrogen) atoms. The van der Waals surface area contributed by atoms with E-state index in [9.17, 15) is 9.59 Å². The molecule has 0 aliphatic carbocycles. The first kappa shape index (κ1) is 23.6. The van der Waals surface area contributed by atoms with Crippen LogP contribution in [0.1, 0.15) is 26.5 Å². The van der Waals surface area contributed by atoms with Crippen molar-refractivity contribution in [2.75, 3.05) is 54.5 Å².